The Kier molecular flexibility index (Phi) is 3.51. The van der Waals surface area contributed by atoms with Gasteiger partial charge in [0.25, 0.3) is 0 Å². The smallest absolute Gasteiger partial charge is 0.312 e. The van der Waals surface area contributed by atoms with E-state index in [-0.39, 0.29) is 5.69 Å². The Morgan fingerprint density at radius 2 is 2.06 bits per heavy atom. The zero-order chi connectivity index (χ0) is 12.4. The molecule has 1 aromatic carbocycles. The minimum atomic E-state index is -0.433. The maximum absolute atomic E-state index is 10.9. The van der Waals surface area contributed by atoms with Gasteiger partial charge in [0.1, 0.15) is 0 Å². The zero-order valence-electron chi connectivity index (χ0n) is 9.48. The van der Waals surface area contributed by atoms with Crippen molar-refractivity contribution in [2.24, 2.45) is 0 Å². The SMILES string of the molecule is COc1cc(N2CCCC2)c(Br)cc1[N+](=O)[O-]. The molecule has 5 nitrogen and oxygen atoms in total. The fourth-order valence-electron chi connectivity index (χ4n) is 2.04. The highest BCUT2D eigenvalue weighted by atomic mass is 79.9. The number of nitro groups is 1. The molecule has 0 saturated carbocycles. The molecule has 0 atom stereocenters. The maximum atomic E-state index is 10.9. The van der Waals surface area contributed by atoms with Crippen LogP contribution in [0.3, 0.4) is 0 Å². The van der Waals surface area contributed by atoms with Crippen LogP contribution in [0, 0.1) is 10.1 Å². The van der Waals surface area contributed by atoms with Gasteiger partial charge in [-0.2, -0.15) is 0 Å². The minimum Gasteiger partial charge on any atom is -0.490 e. The third kappa shape index (κ3) is 2.36. The molecule has 1 saturated heterocycles. The van der Waals surface area contributed by atoms with Crippen molar-refractivity contribution in [2.45, 2.75) is 12.8 Å². The molecule has 1 aromatic rings. The number of anilines is 1. The summed E-state index contributed by atoms with van der Waals surface area (Å²) < 4.78 is 5.82. The Morgan fingerprint density at radius 1 is 1.41 bits per heavy atom. The molecule has 0 spiro atoms. The van der Waals surface area contributed by atoms with Crippen LogP contribution >= 0.6 is 15.9 Å². The number of hydrogen-bond donors (Lipinski definition) is 0. The molecule has 0 radical (unpaired) electrons. The third-order valence-electron chi connectivity index (χ3n) is 2.89. The first kappa shape index (κ1) is 12.2. The molecule has 1 aliphatic heterocycles. The minimum absolute atomic E-state index is 0.0117. The van der Waals surface area contributed by atoms with Crippen LogP contribution in [0.25, 0.3) is 0 Å². The summed E-state index contributed by atoms with van der Waals surface area (Å²) in [6.07, 6.45) is 2.32. The summed E-state index contributed by atoms with van der Waals surface area (Å²) >= 11 is 3.39. The van der Waals surface area contributed by atoms with Crippen LogP contribution < -0.4 is 9.64 Å². The maximum Gasteiger partial charge on any atom is 0.312 e. The summed E-state index contributed by atoms with van der Waals surface area (Å²) in [4.78, 5) is 12.6. The van der Waals surface area contributed by atoms with E-state index in [1.54, 1.807) is 6.07 Å². The monoisotopic (exact) mass is 300 g/mol. The van der Waals surface area contributed by atoms with Gasteiger partial charge in [-0.05, 0) is 28.8 Å². The highest BCUT2D eigenvalue weighted by Crippen LogP contribution is 2.38. The molecular weight excluding hydrogens is 288 g/mol. The normalized spacial score (nSPS) is 15.1. The van der Waals surface area contributed by atoms with Crippen molar-refractivity contribution in [3.63, 3.8) is 0 Å². The molecule has 0 bridgehead atoms. The topological polar surface area (TPSA) is 55.6 Å². The van der Waals surface area contributed by atoms with Gasteiger partial charge < -0.3 is 9.64 Å². The molecule has 92 valence electrons. The second-order valence-corrected chi connectivity index (χ2v) is 4.78. The second-order valence-electron chi connectivity index (χ2n) is 3.93. The summed E-state index contributed by atoms with van der Waals surface area (Å²) in [6.45, 7) is 1.97. The lowest BCUT2D eigenvalue weighted by atomic mass is 10.2. The van der Waals surface area contributed by atoms with E-state index in [9.17, 15) is 10.1 Å². The van der Waals surface area contributed by atoms with E-state index < -0.39 is 4.92 Å². The van der Waals surface area contributed by atoms with Gasteiger partial charge in [0.15, 0.2) is 5.75 Å². The van der Waals surface area contributed by atoms with Gasteiger partial charge in [-0.1, -0.05) is 0 Å². The first-order valence-electron chi connectivity index (χ1n) is 5.40. The number of ether oxygens (including phenoxy) is 1. The van der Waals surface area contributed by atoms with Crippen molar-refractivity contribution in [2.75, 3.05) is 25.1 Å². The lowest BCUT2D eigenvalue weighted by Crippen LogP contribution is -2.18. The second kappa shape index (κ2) is 4.91. The van der Waals surface area contributed by atoms with E-state index >= 15 is 0 Å². The van der Waals surface area contributed by atoms with Gasteiger partial charge in [0, 0.05) is 29.7 Å². The van der Waals surface area contributed by atoms with Crippen molar-refractivity contribution >= 4 is 27.3 Å². The van der Waals surface area contributed by atoms with Crippen molar-refractivity contribution in [3.8, 4) is 5.75 Å². The number of nitrogens with zero attached hydrogens (tertiary/aromatic N) is 2. The average Bonchev–Trinajstić information content (AvgIpc) is 2.82. The summed E-state index contributed by atoms with van der Waals surface area (Å²) in [5.74, 6) is 0.306. The Bertz CT molecular complexity index is 445. The Morgan fingerprint density at radius 3 is 2.59 bits per heavy atom. The fourth-order valence-corrected chi connectivity index (χ4v) is 2.62. The van der Waals surface area contributed by atoms with Gasteiger partial charge in [-0.15, -0.1) is 0 Å². The Labute approximate surface area is 108 Å². The third-order valence-corrected chi connectivity index (χ3v) is 3.53. The van der Waals surface area contributed by atoms with Gasteiger partial charge in [0.2, 0.25) is 0 Å². The highest BCUT2D eigenvalue weighted by molar-refractivity contribution is 9.10. The molecule has 17 heavy (non-hydrogen) atoms. The van der Waals surface area contributed by atoms with E-state index in [0.717, 1.165) is 36.1 Å². The van der Waals surface area contributed by atoms with Crippen molar-refractivity contribution < 1.29 is 9.66 Å². The predicted molar refractivity (Wildman–Crippen MR) is 68.8 cm³/mol. The largest absolute Gasteiger partial charge is 0.490 e. The highest BCUT2D eigenvalue weighted by Gasteiger charge is 2.22. The van der Waals surface area contributed by atoms with Crippen LogP contribution in [0.1, 0.15) is 12.8 Å². The predicted octanol–water partition coefficient (Wildman–Crippen LogP) is 2.97. The van der Waals surface area contributed by atoms with Crippen LogP contribution in [0.15, 0.2) is 16.6 Å². The molecule has 0 aromatic heterocycles. The van der Waals surface area contributed by atoms with Gasteiger partial charge in [-0.25, -0.2) is 0 Å². The van der Waals surface area contributed by atoms with Crippen LogP contribution in [0.2, 0.25) is 0 Å². The van der Waals surface area contributed by atoms with Crippen molar-refractivity contribution in [3.05, 3.63) is 26.7 Å². The van der Waals surface area contributed by atoms with E-state index in [1.165, 1.54) is 13.2 Å². The molecule has 2 rings (SSSR count). The first-order chi connectivity index (χ1) is 8.13. The first-order valence-corrected chi connectivity index (χ1v) is 6.19. The molecule has 1 aliphatic rings. The van der Waals surface area contributed by atoms with Crippen LogP contribution in [0.5, 0.6) is 5.75 Å². The van der Waals surface area contributed by atoms with Gasteiger partial charge in [-0.3, -0.25) is 10.1 Å². The molecule has 1 heterocycles. The average molecular weight is 301 g/mol. The van der Waals surface area contributed by atoms with Gasteiger partial charge >= 0.3 is 5.69 Å². The quantitative estimate of drug-likeness (QED) is 0.636. The number of methoxy groups -OCH3 is 1. The number of rotatable bonds is 3. The standard InChI is InChI=1S/C11H13BrN2O3/c1-17-11-7-9(13-4-2-3-5-13)8(12)6-10(11)14(15)16/h6-7H,2-5H2,1H3. The molecule has 0 unspecified atom stereocenters. The number of nitro benzene ring substituents is 1. The van der Waals surface area contributed by atoms with Crippen LogP contribution in [-0.2, 0) is 0 Å². The summed E-state index contributed by atoms with van der Waals surface area (Å²) in [5.41, 5.74) is 0.951. The lowest BCUT2D eigenvalue weighted by Gasteiger charge is -2.19. The van der Waals surface area contributed by atoms with Crippen LogP contribution in [-0.4, -0.2) is 25.1 Å². The molecule has 1 fully saturated rings. The number of benzene rings is 1. The number of halogens is 1. The lowest BCUT2D eigenvalue weighted by molar-refractivity contribution is -0.385. The molecule has 0 amide bonds. The van der Waals surface area contributed by atoms with Crippen molar-refractivity contribution in [1.82, 2.24) is 0 Å². The van der Waals surface area contributed by atoms with E-state index in [0.29, 0.717) is 5.75 Å². The fraction of sp³-hybridized carbons (Fsp3) is 0.455. The van der Waals surface area contributed by atoms with E-state index in [4.69, 9.17) is 4.74 Å². The van der Waals surface area contributed by atoms with E-state index in [2.05, 4.69) is 20.8 Å². The zero-order valence-corrected chi connectivity index (χ0v) is 11.1. The van der Waals surface area contributed by atoms with E-state index in [1.807, 2.05) is 0 Å². The summed E-state index contributed by atoms with van der Waals surface area (Å²) in [7, 11) is 1.45. The molecule has 0 aliphatic carbocycles. The Hall–Kier alpha value is -1.30. The molecule has 6 heteroatoms. The van der Waals surface area contributed by atoms with Crippen LogP contribution in [0.4, 0.5) is 11.4 Å². The van der Waals surface area contributed by atoms with Crippen molar-refractivity contribution in [1.29, 1.82) is 0 Å². The molecular formula is C11H13BrN2O3. The summed E-state index contributed by atoms with van der Waals surface area (Å²) in [5, 5.41) is 10.9. The van der Waals surface area contributed by atoms with Gasteiger partial charge in [0.05, 0.1) is 17.7 Å². The Balaban J connectivity index is 2.44. The number of hydrogen-bond acceptors (Lipinski definition) is 4. The molecule has 0 N–H and O–H groups in total. The summed E-state index contributed by atoms with van der Waals surface area (Å²) in [6, 6.07) is 3.24.